The topological polar surface area (TPSA) is 66.9 Å². The van der Waals surface area contributed by atoms with Crippen molar-refractivity contribution >= 4 is 5.95 Å². The molecule has 1 aliphatic rings. The second kappa shape index (κ2) is 8.10. The summed E-state index contributed by atoms with van der Waals surface area (Å²) < 4.78 is 43.8. The molecule has 6 nitrogen and oxygen atoms in total. The van der Waals surface area contributed by atoms with E-state index >= 15 is 0 Å². The molecule has 0 aliphatic carbocycles. The van der Waals surface area contributed by atoms with Crippen LogP contribution >= 0.6 is 0 Å². The number of nitrogens with zero attached hydrogens (tertiary/aromatic N) is 4. The summed E-state index contributed by atoms with van der Waals surface area (Å²) in [5.74, 6) is 1.21. The Morgan fingerprint density at radius 2 is 1.97 bits per heavy atom. The summed E-state index contributed by atoms with van der Waals surface area (Å²) in [6.45, 7) is 1.93. The van der Waals surface area contributed by atoms with Crippen LogP contribution in [-0.2, 0) is 12.6 Å². The maximum Gasteiger partial charge on any atom is 0.416 e. The lowest BCUT2D eigenvalue weighted by Gasteiger charge is -2.14. The number of alkyl halides is 3. The first kappa shape index (κ1) is 19.2. The van der Waals surface area contributed by atoms with Crippen molar-refractivity contribution in [2.45, 2.75) is 24.9 Å². The second-order valence-electron chi connectivity index (χ2n) is 6.92. The van der Waals surface area contributed by atoms with E-state index in [-0.39, 0.29) is 18.3 Å². The molecule has 0 spiro atoms. The highest BCUT2D eigenvalue weighted by molar-refractivity contribution is 5.33. The Kier molecular flexibility index (Phi) is 5.37. The van der Waals surface area contributed by atoms with Crippen LogP contribution in [0.3, 0.4) is 0 Å². The Bertz CT molecular complexity index is 945. The first-order chi connectivity index (χ1) is 14.0. The lowest BCUT2D eigenvalue weighted by atomic mass is 10.0. The van der Waals surface area contributed by atoms with E-state index in [0.29, 0.717) is 6.42 Å². The zero-order valence-corrected chi connectivity index (χ0v) is 15.6. The van der Waals surface area contributed by atoms with Gasteiger partial charge in [-0.25, -0.2) is 9.97 Å². The van der Waals surface area contributed by atoms with Crippen LogP contribution in [0.2, 0.25) is 0 Å². The maximum absolute atomic E-state index is 12.8. The number of aromatic amines is 1. The number of anilines is 1. The van der Waals surface area contributed by atoms with E-state index in [1.165, 1.54) is 12.1 Å². The molecule has 1 aromatic carbocycles. The third-order valence-corrected chi connectivity index (χ3v) is 4.89. The van der Waals surface area contributed by atoms with Gasteiger partial charge in [0, 0.05) is 43.5 Å². The van der Waals surface area contributed by atoms with Crippen molar-refractivity contribution in [1.29, 1.82) is 0 Å². The molecule has 1 aliphatic heterocycles. The van der Waals surface area contributed by atoms with Gasteiger partial charge in [0.15, 0.2) is 0 Å². The minimum atomic E-state index is -4.38. The number of aromatic nitrogens is 4. The molecule has 0 amide bonds. The van der Waals surface area contributed by atoms with Crippen LogP contribution in [0.25, 0.3) is 0 Å². The first-order valence-electron chi connectivity index (χ1n) is 9.35. The largest absolute Gasteiger partial charge is 0.493 e. The van der Waals surface area contributed by atoms with Gasteiger partial charge in [-0.2, -0.15) is 18.3 Å². The Hall–Kier alpha value is -3.10. The molecule has 0 unspecified atom stereocenters. The maximum atomic E-state index is 12.8. The van der Waals surface area contributed by atoms with E-state index < -0.39 is 11.7 Å². The van der Waals surface area contributed by atoms with E-state index in [0.717, 1.165) is 49.0 Å². The van der Waals surface area contributed by atoms with E-state index in [2.05, 4.69) is 25.1 Å². The van der Waals surface area contributed by atoms with E-state index in [1.54, 1.807) is 18.5 Å². The van der Waals surface area contributed by atoms with Gasteiger partial charge in [0.25, 0.3) is 0 Å². The Morgan fingerprint density at radius 3 is 2.76 bits per heavy atom. The van der Waals surface area contributed by atoms with Crippen molar-refractivity contribution in [3.8, 4) is 5.75 Å². The molecular weight excluding hydrogens is 383 g/mol. The van der Waals surface area contributed by atoms with Gasteiger partial charge >= 0.3 is 6.18 Å². The molecule has 0 radical (unpaired) electrons. The van der Waals surface area contributed by atoms with Crippen LogP contribution < -0.4 is 9.64 Å². The Labute approximate surface area is 165 Å². The fraction of sp³-hybridized carbons (Fsp3) is 0.350. The normalized spacial score (nSPS) is 16.9. The Balaban J connectivity index is 1.30. The van der Waals surface area contributed by atoms with Crippen molar-refractivity contribution in [3.63, 3.8) is 0 Å². The average molecular weight is 403 g/mol. The predicted molar refractivity (Wildman–Crippen MR) is 101 cm³/mol. The van der Waals surface area contributed by atoms with Crippen molar-refractivity contribution in [2.24, 2.45) is 0 Å². The van der Waals surface area contributed by atoms with E-state index in [9.17, 15) is 13.2 Å². The van der Waals surface area contributed by atoms with Gasteiger partial charge in [-0.15, -0.1) is 0 Å². The zero-order valence-electron chi connectivity index (χ0n) is 15.6. The van der Waals surface area contributed by atoms with Gasteiger partial charge in [-0.3, -0.25) is 5.10 Å². The standard InChI is InChI=1S/C20H20F3N5O/c21-20(22,23)15-3-1-4-17(11-15)29-10-6-16-12-18(27-26-16)14-5-9-28(13-14)19-24-7-2-8-25-19/h1-4,7-8,11-12,14H,5-6,9-10,13H2,(H,26,27)/t14-/m0/s1. The third kappa shape index (κ3) is 4.67. The van der Waals surface area contributed by atoms with Crippen LogP contribution in [0.4, 0.5) is 19.1 Å². The smallest absolute Gasteiger partial charge is 0.416 e. The molecule has 1 N–H and O–H groups in total. The highest BCUT2D eigenvalue weighted by atomic mass is 19.4. The number of rotatable bonds is 6. The lowest BCUT2D eigenvalue weighted by Crippen LogP contribution is -2.21. The van der Waals surface area contributed by atoms with Gasteiger partial charge < -0.3 is 9.64 Å². The molecule has 4 rings (SSSR count). The average Bonchev–Trinajstić information content (AvgIpc) is 3.38. The number of benzene rings is 1. The van der Waals surface area contributed by atoms with Crippen LogP contribution in [0, 0.1) is 0 Å². The fourth-order valence-corrected chi connectivity index (χ4v) is 3.40. The molecule has 2 aromatic heterocycles. The number of halogens is 3. The van der Waals surface area contributed by atoms with E-state index in [1.807, 2.05) is 6.07 Å². The van der Waals surface area contributed by atoms with Gasteiger partial charge in [0.05, 0.1) is 17.9 Å². The van der Waals surface area contributed by atoms with Crippen LogP contribution in [0.15, 0.2) is 48.8 Å². The fourth-order valence-electron chi connectivity index (χ4n) is 3.40. The summed E-state index contributed by atoms with van der Waals surface area (Å²) in [5, 5.41) is 7.40. The highest BCUT2D eigenvalue weighted by Crippen LogP contribution is 2.31. The summed E-state index contributed by atoms with van der Waals surface area (Å²) >= 11 is 0. The number of hydrogen-bond acceptors (Lipinski definition) is 5. The van der Waals surface area contributed by atoms with Crippen LogP contribution in [0.5, 0.6) is 5.75 Å². The van der Waals surface area contributed by atoms with Crippen molar-refractivity contribution < 1.29 is 17.9 Å². The molecule has 1 atom stereocenters. The summed E-state index contributed by atoms with van der Waals surface area (Å²) in [6.07, 6.45) is 0.571. The monoisotopic (exact) mass is 403 g/mol. The number of ether oxygens (including phenoxy) is 1. The molecule has 0 bridgehead atoms. The quantitative estimate of drug-likeness (QED) is 0.678. The molecule has 3 heterocycles. The molecular formula is C20H20F3N5O. The number of hydrogen-bond donors (Lipinski definition) is 1. The molecule has 9 heteroatoms. The minimum absolute atomic E-state index is 0.203. The van der Waals surface area contributed by atoms with Crippen molar-refractivity contribution in [3.05, 3.63) is 65.7 Å². The Morgan fingerprint density at radius 1 is 1.14 bits per heavy atom. The summed E-state index contributed by atoms with van der Waals surface area (Å²) in [7, 11) is 0. The van der Waals surface area contributed by atoms with Crippen molar-refractivity contribution in [2.75, 3.05) is 24.6 Å². The molecule has 0 saturated carbocycles. The second-order valence-corrected chi connectivity index (χ2v) is 6.92. The SMILES string of the molecule is FC(F)(F)c1cccc(OCCc2cc([C@H]3CCN(c4ncccn4)C3)n[nH]2)c1. The predicted octanol–water partition coefficient (Wildman–Crippen LogP) is 3.83. The van der Waals surface area contributed by atoms with E-state index in [4.69, 9.17) is 4.74 Å². The number of nitrogens with one attached hydrogen (secondary N) is 1. The summed E-state index contributed by atoms with van der Waals surface area (Å²) in [5.41, 5.74) is 1.14. The molecule has 152 valence electrons. The molecule has 1 saturated heterocycles. The molecule has 1 fully saturated rings. The van der Waals surface area contributed by atoms with Gasteiger partial charge in [-0.1, -0.05) is 6.07 Å². The molecule has 29 heavy (non-hydrogen) atoms. The van der Waals surface area contributed by atoms with Crippen molar-refractivity contribution in [1.82, 2.24) is 20.2 Å². The highest BCUT2D eigenvalue weighted by Gasteiger charge is 2.30. The zero-order chi connectivity index (χ0) is 20.3. The van der Waals surface area contributed by atoms with Gasteiger partial charge in [0.1, 0.15) is 5.75 Å². The van der Waals surface area contributed by atoms with Crippen LogP contribution in [-0.4, -0.2) is 39.9 Å². The van der Waals surface area contributed by atoms with Crippen LogP contribution in [0.1, 0.15) is 29.3 Å². The van der Waals surface area contributed by atoms with Gasteiger partial charge in [0.2, 0.25) is 5.95 Å². The third-order valence-electron chi connectivity index (χ3n) is 4.89. The summed E-state index contributed by atoms with van der Waals surface area (Å²) in [4.78, 5) is 10.7. The first-order valence-corrected chi connectivity index (χ1v) is 9.35. The van der Waals surface area contributed by atoms with Gasteiger partial charge in [-0.05, 0) is 36.8 Å². The lowest BCUT2D eigenvalue weighted by molar-refractivity contribution is -0.137. The number of H-pyrrole nitrogens is 1. The molecule has 3 aromatic rings. The summed E-state index contributed by atoms with van der Waals surface area (Å²) in [6, 6.07) is 8.69. The minimum Gasteiger partial charge on any atom is -0.493 e.